The summed E-state index contributed by atoms with van der Waals surface area (Å²) in [5.41, 5.74) is 3.45. The van der Waals surface area contributed by atoms with Crippen molar-refractivity contribution in [3.8, 4) is 0 Å². The molecule has 16 heavy (non-hydrogen) atoms. The first-order valence-corrected chi connectivity index (χ1v) is 7.04. The lowest BCUT2D eigenvalue weighted by Crippen LogP contribution is -2.30. The van der Waals surface area contributed by atoms with E-state index in [2.05, 4.69) is 24.3 Å². The first-order chi connectivity index (χ1) is 7.95. The van der Waals surface area contributed by atoms with E-state index in [-0.39, 0.29) is 0 Å². The maximum atomic E-state index is 2.42. The van der Waals surface area contributed by atoms with Gasteiger partial charge in [-0.3, -0.25) is 0 Å². The molecule has 0 amide bonds. The molecule has 3 aliphatic rings. The zero-order valence-corrected chi connectivity index (χ0v) is 9.86. The van der Waals surface area contributed by atoms with Crippen molar-refractivity contribution in [3.05, 3.63) is 35.4 Å². The molecule has 2 fully saturated rings. The third-order valence-corrected chi connectivity index (χ3v) is 5.45. The fourth-order valence-electron chi connectivity index (χ4n) is 4.96. The predicted molar refractivity (Wildman–Crippen MR) is 66.6 cm³/mol. The molecule has 0 radical (unpaired) electrons. The van der Waals surface area contributed by atoms with Gasteiger partial charge in [0.1, 0.15) is 0 Å². The molecule has 0 unspecified atom stereocenters. The molecule has 4 rings (SSSR count). The summed E-state index contributed by atoms with van der Waals surface area (Å²) in [5.74, 6) is 3.95. The van der Waals surface area contributed by atoms with E-state index >= 15 is 0 Å². The average Bonchev–Trinajstić information content (AvgIpc) is 2.68. The minimum absolute atomic E-state index is 0.931. The van der Waals surface area contributed by atoms with Crippen molar-refractivity contribution in [1.82, 2.24) is 0 Å². The number of fused-ring (bicyclic) bond motifs is 3. The second-order valence-electron chi connectivity index (χ2n) is 6.04. The lowest BCUT2D eigenvalue weighted by molar-refractivity contribution is 0.138. The van der Waals surface area contributed by atoms with Crippen LogP contribution in [0.15, 0.2) is 24.3 Å². The van der Waals surface area contributed by atoms with Crippen molar-refractivity contribution in [2.75, 3.05) is 0 Å². The van der Waals surface area contributed by atoms with Crippen LogP contribution in [0.1, 0.15) is 61.5 Å². The van der Waals surface area contributed by atoms with Crippen LogP contribution in [0.3, 0.4) is 0 Å². The van der Waals surface area contributed by atoms with Crippen molar-refractivity contribution in [1.29, 1.82) is 0 Å². The van der Waals surface area contributed by atoms with Crippen LogP contribution < -0.4 is 0 Å². The highest BCUT2D eigenvalue weighted by Crippen LogP contribution is 2.59. The van der Waals surface area contributed by atoms with Crippen molar-refractivity contribution in [2.45, 2.75) is 50.4 Å². The Labute approximate surface area is 98.1 Å². The fourth-order valence-corrected chi connectivity index (χ4v) is 4.96. The van der Waals surface area contributed by atoms with Gasteiger partial charge in [0.25, 0.3) is 0 Å². The van der Waals surface area contributed by atoms with E-state index in [1.807, 2.05) is 0 Å². The summed E-state index contributed by atoms with van der Waals surface area (Å²) in [5, 5.41) is 0. The Morgan fingerprint density at radius 3 is 1.88 bits per heavy atom. The second-order valence-corrected chi connectivity index (χ2v) is 6.04. The van der Waals surface area contributed by atoms with Gasteiger partial charge in [-0.15, -0.1) is 0 Å². The first-order valence-electron chi connectivity index (χ1n) is 7.04. The Morgan fingerprint density at radius 2 is 1.31 bits per heavy atom. The summed E-state index contributed by atoms with van der Waals surface area (Å²) in [6.07, 6.45) is 8.93. The number of hydrogen-bond donors (Lipinski definition) is 0. The van der Waals surface area contributed by atoms with Gasteiger partial charge in [-0.25, -0.2) is 0 Å². The molecule has 0 spiro atoms. The highest BCUT2D eigenvalue weighted by atomic mass is 14.5. The zero-order valence-electron chi connectivity index (χ0n) is 9.86. The van der Waals surface area contributed by atoms with E-state index in [4.69, 9.17) is 0 Å². The number of rotatable bonds is 0. The van der Waals surface area contributed by atoms with Crippen LogP contribution in [0, 0.1) is 11.8 Å². The Morgan fingerprint density at radius 1 is 0.750 bits per heavy atom. The van der Waals surface area contributed by atoms with Crippen LogP contribution in [0.2, 0.25) is 0 Å². The number of benzene rings is 1. The summed E-state index contributed by atoms with van der Waals surface area (Å²) in [6.45, 7) is 0. The molecule has 0 saturated heterocycles. The summed E-state index contributed by atoms with van der Waals surface area (Å²) in [7, 11) is 0. The standard InChI is InChI=1S/C16H20/c1-2-8-13-12(7-1)14-9-3-5-11-6-4-10-15(13)16(11)14/h1-2,7-8,11,14-16H,3-6,9-10H2/t11?,14-,15-,16?/m0/s1. The molecular weight excluding hydrogens is 192 g/mol. The van der Waals surface area contributed by atoms with E-state index < -0.39 is 0 Å². The minimum Gasteiger partial charge on any atom is -0.0620 e. The molecule has 0 aromatic heterocycles. The summed E-state index contributed by atoms with van der Waals surface area (Å²) >= 11 is 0. The van der Waals surface area contributed by atoms with Gasteiger partial charge < -0.3 is 0 Å². The van der Waals surface area contributed by atoms with Gasteiger partial charge in [0.05, 0.1) is 0 Å². The van der Waals surface area contributed by atoms with Gasteiger partial charge in [0.2, 0.25) is 0 Å². The third kappa shape index (κ3) is 1.11. The molecule has 0 heterocycles. The molecule has 0 N–H and O–H groups in total. The molecule has 0 aliphatic heterocycles. The molecule has 2 saturated carbocycles. The van der Waals surface area contributed by atoms with E-state index in [0.717, 1.165) is 23.7 Å². The van der Waals surface area contributed by atoms with Gasteiger partial charge in [-0.2, -0.15) is 0 Å². The molecule has 3 aliphatic carbocycles. The molecule has 84 valence electrons. The molecule has 0 heteroatoms. The number of hydrogen-bond acceptors (Lipinski definition) is 0. The molecule has 1 aromatic carbocycles. The van der Waals surface area contributed by atoms with Crippen LogP contribution in [0.25, 0.3) is 0 Å². The van der Waals surface area contributed by atoms with Crippen LogP contribution in [0.5, 0.6) is 0 Å². The van der Waals surface area contributed by atoms with Crippen LogP contribution in [-0.4, -0.2) is 0 Å². The molecule has 1 aromatic rings. The Kier molecular flexibility index (Phi) is 1.94. The molecule has 2 atom stereocenters. The van der Waals surface area contributed by atoms with Crippen LogP contribution >= 0.6 is 0 Å². The van der Waals surface area contributed by atoms with E-state index in [9.17, 15) is 0 Å². The Bertz CT molecular complexity index is 369. The average molecular weight is 212 g/mol. The normalized spacial score (nSPS) is 40.2. The van der Waals surface area contributed by atoms with E-state index in [1.54, 1.807) is 11.1 Å². The maximum absolute atomic E-state index is 2.42. The van der Waals surface area contributed by atoms with Gasteiger partial charge in [-0.05, 0) is 47.6 Å². The van der Waals surface area contributed by atoms with Gasteiger partial charge in [0, 0.05) is 0 Å². The maximum Gasteiger partial charge on any atom is -0.0122 e. The highest BCUT2D eigenvalue weighted by molar-refractivity contribution is 5.41. The quantitative estimate of drug-likeness (QED) is 0.595. The lowest BCUT2D eigenvalue weighted by atomic mass is 9.64. The monoisotopic (exact) mass is 212 g/mol. The van der Waals surface area contributed by atoms with Crippen LogP contribution in [0.4, 0.5) is 0 Å². The molecule has 0 bridgehead atoms. The smallest absolute Gasteiger partial charge is 0.0122 e. The lowest BCUT2D eigenvalue weighted by Gasteiger charge is -2.41. The van der Waals surface area contributed by atoms with Gasteiger partial charge in [-0.1, -0.05) is 49.9 Å². The van der Waals surface area contributed by atoms with Crippen LogP contribution in [-0.2, 0) is 0 Å². The predicted octanol–water partition coefficient (Wildman–Crippen LogP) is 4.47. The largest absolute Gasteiger partial charge is 0.0620 e. The summed E-state index contributed by atoms with van der Waals surface area (Å²) in [6, 6.07) is 9.33. The highest BCUT2D eigenvalue weighted by Gasteiger charge is 2.47. The molecule has 0 nitrogen and oxygen atoms in total. The zero-order chi connectivity index (χ0) is 10.5. The summed E-state index contributed by atoms with van der Waals surface area (Å²) in [4.78, 5) is 0. The van der Waals surface area contributed by atoms with Crippen molar-refractivity contribution in [3.63, 3.8) is 0 Å². The minimum atomic E-state index is 0.931. The van der Waals surface area contributed by atoms with Gasteiger partial charge >= 0.3 is 0 Å². The Hall–Kier alpha value is -0.780. The van der Waals surface area contributed by atoms with Crippen molar-refractivity contribution < 1.29 is 0 Å². The molecular formula is C16H20. The fraction of sp³-hybridized carbons (Fsp3) is 0.625. The SMILES string of the molecule is c1ccc2c(c1)[C@@H]1CCCC3CCC[C@@H]2C31. The van der Waals surface area contributed by atoms with Crippen molar-refractivity contribution >= 4 is 0 Å². The van der Waals surface area contributed by atoms with E-state index in [0.29, 0.717) is 0 Å². The Balaban J connectivity index is 1.85. The second kappa shape index (κ2) is 3.35. The third-order valence-electron chi connectivity index (χ3n) is 5.45. The van der Waals surface area contributed by atoms with E-state index in [1.165, 1.54) is 38.5 Å². The van der Waals surface area contributed by atoms with Gasteiger partial charge in [0.15, 0.2) is 0 Å². The van der Waals surface area contributed by atoms with Crippen molar-refractivity contribution in [2.24, 2.45) is 11.8 Å². The summed E-state index contributed by atoms with van der Waals surface area (Å²) < 4.78 is 0. The topological polar surface area (TPSA) is 0 Å². The first kappa shape index (κ1) is 9.27.